The maximum atomic E-state index is 4.31. The molecule has 0 N–H and O–H groups in total. The molecule has 11 heteroatoms. The van der Waals surface area contributed by atoms with E-state index < -0.39 is 0 Å². The third kappa shape index (κ3) is 85.7. The molecule has 10 rings (SSSR count). The van der Waals surface area contributed by atoms with E-state index in [1.54, 1.807) is 5.92 Å². The summed E-state index contributed by atoms with van der Waals surface area (Å²) in [5.41, 5.74) is 6.10. The predicted octanol–water partition coefficient (Wildman–Crippen LogP) is 41.0. The first-order valence-electron chi connectivity index (χ1n) is 53.8. The monoisotopic (exact) mass is 3610 g/mol. The Balaban J connectivity index is -0.000000110. The van der Waals surface area contributed by atoms with Gasteiger partial charge in [-0.05, 0) is 78.6 Å². The van der Waals surface area contributed by atoms with Gasteiger partial charge >= 0.3 is 211 Å². The fourth-order valence-corrected chi connectivity index (χ4v) is 18.3. The van der Waals surface area contributed by atoms with Gasteiger partial charge < -0.3 is 138 Å². The molecule has 12 unspecified atom stereocenters. The van der Waals surface area contributed by atoms with Crippen molar-refractivity contribution in [3.8, 4) is 0 Å². The summed E-state index contributed by atoms with van der Waals surface area (Å²) in [7, 11) is 0. The van der Waals surface area contributed by atoms with Gasteiger partial charge in [-0.25, -0.2) is 96.3 Å². The zero-order chi connectivity index (χ0) is 99.3. The number of hydrogen-bond acceptors (Lipinski definition) is 1. The van der Waals surface area contributed by atoms with Crippen molar-refractivity contribution in [3.63, 3.8) is 0 Å². The number of rotatable bonds is 6. The summed E-state index contributed by atoms with van der Waals surface area (Å²) in [6.07, 6.45) is 70.9. The zero-order valence-electron chi connectivity index (χ0n) is 99.1. The molecule has 0 radical (unpaired) electrons. The summed E-state index contributed by atoms with van der Waals surface area (Å²) in [5, 5.41) is 0. The molecule has 2 bridgehead atoms. The largest absolute Gasteiger partial charge is 2.00 e. The first-order chi connectivity index (χ1) is 57.5. The van der Waals surface area contributed by atoms with E-state index in [1.807, 2.05) is 0 Å². The van der Waals surface area contributed by atoms with Crippen molar-refractivity contribution in [2.75, 3.05) is 19.6 Å². The summed E-state index contributed by atoms with van der Waals surface area (Å²) in [6.45, 7) is 133. The Hall–Kier alpha value is 6.84. The third-order valence-electron chi connectivity index (χ3n) is 31.1. The number of nitrogens with zero attached hydrogens (tertiary/aromatic N) is 1. The van der Waals surface area contributed by atoms with E-state index in [0.717, 1.165) is 73.0 Å². The van der Waals surface area contributed by atoms with Crippen LogP contribution in [0, 0.1) is 286 Å². The molecule has 137 heavy (non-hydrogen) atoms. The maximum Gasteiger partial charge on any atom is 2.00 e. The van der Waals surface area contributed by atoms with Gasteiger partial charge in [0, 0.05) is 13.1 Å². The Morgan fingerprint density at radius 3 is 0.905 bits per heavy atom. The fraction of sp³-hybridized carbons (Fsp3) is 0.841. The Morgan fingerprint density at radius 1 is 0.343 bits per heavy atom. The second-order valence-electron chi connectivity index (χ2n) is 55.8. The second kappa shape index (κ2) is 84.1. The predicted molar refractivity (Wildman–Crippen MR) is 584 cm³/mol. The maximum absolute atomic E-state index is 4.31. The van der Waals surface area contributed by atoms with Crippen LogP contribution in [0.4, 0.5) is 0 Å². The van der Waals surface area contributed by atoms with Crippen molar-refractivity contribution in [3.05, 3.63) is 133 Å². The molecule has 10 aliphatic rings. The van der Waals surface area contributed by atoms with Crippen molar-refractivity contribution in [2.24, 2.45) is 153 Å². The van der Waals surface area contributed by atoms with Gasteiger partial charge in [-0.15, -0.1) is 25.7 Å². The molecule has 1 nitrogen and oxygen atoms in total. The molecule has 2 aliphatic heterocycles. The minimum absolute atomic E-state index is 0. The van der Waals surface area contributed by atoms with Crippen LogP contribution in [-0.2, 0) is 211 Å². The molecule has 0 aromatic carbocycles. The molecule has 0 amide bonds. The van der Waals surface area contributed by atoms with Gasteiger partial charge in [-0.2, -0.15) is 83.9 Å². The van der Waals surface area contributed by atoms with E-state index in [2.05, 4.69) is 402 Å². The van der Waals surface area contributed by atoms with Gasteiger partial charge in [0.05, 0.1) is 0 Å². The summed E-state index contributed by atoms with van der Waals surface area (Å²) in [4.78, 5) is 2.63. The van der Waals surface area contributed by atoms with Gasteiger partial charge in [-0.3, -0.25) is 5.92 Å². The number of hydrogen-bond donors (Lipinski definition) is 0. The van der Waals surface area contributed by atoms with Crippen LogP contribution >= 0.6 is 0 Å². The van der Waals surface area contributed by atoms with Crippen LogP contribution in [-0.4, -0.2) is 24.5 Å². The smallest absolute Gasteiger partial charge is 0.369 e. The van der Waals surface area contributed by atoms with Crippen LogP contribution in [0.1, 0.15) is 508 Å². The average molecular weight is 3610 g/mol. The fourth-order valence-electron chi connectivity index (χ4n) is 18.3. The van der Waals surface area contributed by atoms with Gasteiger partial charge in [0.15, 0.2) is 0 Å². The van der Waals surface area contributed by atoms with Crippen LogP contribution in [0.25, 0.3) is 0 Å². The van der Waals surface area contributed by atoms with Crippen LogP contribution in [0.2, 0.25) is 0 Å². The molecule has 8 saturated carbocycles. The topological polar surface area (TPSA) is 3.24 Å². The van der Waals surface area contributed by atoms with Gasteiger partial charge in [0.2, 0.25) is 0 Å². The first kappa shape index (κ1) is 171. The third-order valence-corrected chi connectivity index (χ3v) is 31.1. The molecule has 12 atom stereocenters. The molecule has 0 spiro atoms. The van der Waals surface area contributed by atoms with Crippen LogP contribution in [0.3, 0.4) is 0 Å². The van der Waals surface area contributed by atoms with Crippen LogP contribution in [0.5, 0.6) is 0 Å². The Morgan fingerprint density at radius 2 is 0.701 bits per heavy atom. The van der Waals surface area contributed by atoms with E-state index in [0.29, 0.717) is 100.0 Å². The van der Waals surface area contributed by atoms with Gasteiger partial charge in [0.25, 0.3) is 0 Å². The Bertz CT molecular complexity index is 2380. The van der Waals surface area contributed by atoms with Crippen molar-refractivity contribution in [2.45, 2.75) is 508 Å². The molecule has 2 saturated heterocycles. The SMILES string of the molecule is CC(C)(C)C1CCCCC1.CC(C)(C)C1CCCCCC1.CC(C)(C)C1CN2CCC1C2.CC(C)(C)C1[CH-]CC[CH-]C1.CC(C)(C)C1[CH-]CC[CH-]C1.CC(C)(C)C1[CH-]CC[CH-]CC1.CC(C)(C)[C-]1CC[CH-]CC1.[CH2-]C([CH2-])C(C)(C)C.[CH2-]C1(C(C)(C)C)C[CH-]CC1.[CH2-]C1C[CH-]C(C(C)(C)C)C1.[CH2-]CC([CH2-])C(C)(C)C.[CH2-]CCC([CH2-])C(C)(C)C.[CH2-]CCCC([CH2-])C(C)(C)C.[W+2].[W+2].[W+2].[W+2].[W+2].[W+2].[W+2].[W+2].[W+2].[W+2]. The van der Waals surface area contributed by atoms with Gasteiger partial charge in [-0.1, -0.05) is 377 Å². The second-order valence-corrected chi connectivity index (χ2v) is 55.8. The quantitative estimate of drug-likeness (QED) is 0.189. The molecule has 10 fully saturated rings. The zero-order valence-corrected chi connectivity index (χ0v) is 128. The number of unbranched alkanes of at least 4 members (excludes halogenated alkanes) is 1. The number of piperidine rings is 1. The summed E-state index contributed by atoms with van der Waals surface area (Å²) < 4.78 is 0. The molecule has 8 aliphatic carbocycles. The van der Waals surface area contributed by atoms with Gasteiger partial charge in [0.1, 0.15) is 0 Å². The van der Waals surface area contributed by atoms with Crippen molar-refractivity contribution < 1.29 is 211 Å². The van der Waals surface area contributed by atoms with E-state index in [-0.39, 0.29) is 216 Å². The van der Waals surface area contributed by atoms with E-state index >= 15 is 0 Å². The number of fused-ring (bicyclic) bond motifs is 2. The normalized spacial score (nSPS) is 24.0. The minimum atomic E-state index is 0. The molecule has 0 aromatic rings. The minimum Gasteiger partial charge on any atom is -0.369 e. The van der Waals surface area contributed by atoms with Crippen molar-refractivity contribution >= 4 is 0 Å². The van der Waals surface area contributed by atoms with E-state index in [9.17, 15) is 0 Å². The molecular weight excluding hydrogens is 3370 g/mol. The Kier molecular flexibility index (Phi) is 105. The molecule has 0 aromatic heterocycles. The molecule has 808 valence electrons. The van der Waals surface area contributed by atoms with Crippen LogP contribution in [0.15, 0.2) is 0 Å². The first-order valence-corrected chi connectivity index (χ1v) is 53.8. The Labute approximate surface area is 1020 Å². The van der Waals surface area contributed by atoms with E-state index in [1.165, 1.54) is 232 Å². The van der Waals surface area contributed by atoms with Crippen LogP contribution < -0.4 is 0 Å². The standard InChI is InChI=1S/C11H22.C11H20.C10H19N.2C10H18.C10H20.3C10H18.C10H20.C9H18.C8H16.C7H14.10W/c2*1-11(2,3)10-8-6-4-5-7-9-10;1-10(2,3)9-7-11-5-4-8(9)6-11;1-8-5-6-9(7-8)10(2,3)4;1-9(2,3)10(4)7-5-6-8-10;4*1-10(2,3)9-7-5-4-6-8-9;1-6-7-8-9(2)10(3,4)5;1-6-7-8(2)9(3,4)5;1-6-7(2)8(3,4)5;1-6(2)7(3,4)5;;;;;;;;;;/h10H,4-9H2,1-3H3;4,9-10H,5-8H2,1-3H3;8-9H,4-7H2,1-3H3;6,8-9H,1,5,7H2,2-4H3;5H,4,6-8H2,1-3H3;9H,4-8H2,1-3H3;2*5,8-9H,4,6-7H2,1-3H3;4H,5-8H2,1-3H3;9H,1-2,6-8H2,3-5H3;8H,1-2,6-7H2,3-5H3;7H,1-2,6H2,3-5H3;6H,1-2H2,3-5H3;;;;;;;;;;/q;-2;;2*-2;;7*-2;10*+2. The van der Waals surface area contributed by atoms with E-state index in [4.69, 9.17) is 0 Å². The summed E-state index contributed by atoms with van der Waals surface area (Å²) in [6, 6.07) is 0. The average Bonchev–Trinajstić information content (AvgIpc) is 1.65. The van der Waals surface area contributed by atoms with Crippen molar-refractivity contribution in [1.29, 1.82) is 0 Å². The molecule has 2 heterocycles. The summed E-state index contributed by atoms with van der Waals surface area (Å²) in [5.74, 6) is 11.6. The molecular formula is C126H239NW10. The summed E-state index contributed by atoms with van der Waals surface area (Å²) >= 11 is 0. The van der Waals surface area contributed by atoms with Crippen molar-refractivity contribution in [1.82, 2.24) is 4.90 Å².